The third-order valence-corrected chi connectivity index (χ3v) is 5.05. The number of carbonyl (C=O) groups is 1. The molecule has 94 valence electrons. The zero-order valence-electron chi connectivity index (χ0n) is 10.3. The summed E-state index contributed by atoms with van der Waals surface area (Å²) >= 11 is 0. The summed E-state index contributed by atoms with van der Waals surface area (Å²) < 4.78 is 0. The Morgan fingerprint density at radius 1 is 1.18 bits per heavy atom. The van der Waals surface area contributed by atoms with Gasteiger partial charge in [-0.05, 0) is 43.9 Å². The molecule has 1 N–H and O–H groups in total. The SMILES string of the molecule is O=C(C1CC=CC1)N1CCC2(CCC2O)CC1. The second-order valence-electron chi connectivity index (χ2n) is 5.88. The van der Waals surface area contributed by atoms with E-state index in [4.69, 9.17) is 0 Å². The van der Waals surface area contributed by atoms with Crippen LogP contribution in [0, 0.1) is 11.3 Å². The molecule has 0 radical (unpaired) electrons. The van der Waals surface area contributed by atoms with Gasteiger partial charge in [0.2, 0.25) is 5.91 Å². The Morgan fingerprint density at radius 3 is 2.29 bits per heavy atom. The fourth-order valence-electron chi connectivity index (χ4n) is 3.51. The zero-order valence-corrected chi connectivity index (χ0v) is 10.3. The Labute approximate surface area is 102 Å². The van der Waals surface area contributed by atoms with Gasteiger partial charge >= 0.3 is 0 Å². The first-order valence-corrected chi connectivity index (χ1v) is 6.83. The van der Waals surface area contributed by atoms with Gasteiger partial charge in [-0.2, -0.15) is 0 Å². The molecule has 0 aromatic rings. The summed E-state index contributed by atoms with van der Waals surface area (Å²) in [7, 11) is 0. The van der Waals surface area contributed by atoms with Crippen LogP contribution >= 0.6 is 0 Å². The number of rotatable bonds is 1. The van der Waals surface area contributed by atoms with Gasteiger partial charge in [0.15, 0.2) is 0 Å². The van der Waals surface area contributed by atoms with E-state index in [1.807, 2.05) is 4.90 Å². The van der Waals surface area contributed by atoms with Crippen LogP contribution in [-0.4, -0.2) is 35.1 Å². The molecule has 2 fully saturated rings. The van der Waals surface area contributed by atoms with E-state index in [9.17, 15) is 9.90 Å². The van der Waals surface area contributed by atoms with Crippen molar-refractivity contribution in [2.24, 2.45) is 11.3 Å². The highest BCUT2D eigenvalue weighted by Crippen LogP contribution is 2.49. The highest BCUT2D eigenvalue weighted by molar-refractivity contribution is 5.79. The molecule has 17 heavy (non-hydrogen) atoms. The first-order valence-electron chi connectivity index (χ1n) is 6.83. The van der Waals surface area contributed by atoms with Crippen LogP contribution in [0.25, 0.3) is 0 Å². The smallest absolute Gasteiger partial charge is 0.226 e. The Bertz CT molecular complexity index is 334. The number of aliphatic hydroxyl groups excluding tert-OH is 1. The second kappa shape index (κ2) is 4.13. The summed E-state index contributed by atoms with van der Waals surface area (Å²) in [5.74, 6) is 0.536. The topological polar surface area (TPSA) is 40.5 Å². The van der Waals surface area contributed by atoms with Crippen LogP contribution in [0.5, 0.6) is 0 Å². The predicted octanol–water partition coefficient (Wildman–Crippen LogP) is 1.72. The van der Waals surface area contributed by atoms with Crippen molar-refractivity contribution >= 4 is 5.91 Å². The van der Waals surface area contributed by atoms with E-state index in [0.717, 1.165) is 51.6 Å². The molecular formula is C14H21NO2. The number of allylic oxidation sites excluding steroid dienone is 2. The number of carbonyl (C=O) groups excluding carboxylic acids is 1. The van der Waals surface area contributed by atoms with Gasteiger partial charge in [0.1, 0.15) is 0 Å². The van der Waals surface area contributed by atoms with Crippen LogP contribution in [0.4, 0.5) is 0 Å². The largest absolute Gasteiger partial charge is 0.393 e. The summed E-state index contributed by atoms with van der Waals surface area (Å²) in [5.41, 5.74) is 0.171. The van der Waals surface area contributed by atoms with E-state index in [1.54, 1.807) is 0 Å². The molecule has 3 nitrogen and oxygen atoms in total. The van der Waals surface area contributed by atoms with Crippen LogP contribution in [0.15, 0.2) is 12.2 Å². The van der Waals surface area contributed by atoms with Gasteiger partial charge < -0.3 is 10.0 Å². The number of aliphatic hydroxyl groups is 1. The molecule has 1 heterocycles. The quantitative estimate of drug-likeness (QED) is 0.703. The van der Waals surface area contributed by atoms with Gasteiger partial charge in [0.25, 0.3) is 0 Å². The van der Waals surface area contributed by atoms with Gasteiger partial charge in [-0.1, -0.05) is 12.2 Å². The highest BCUT2D eigenvalue weighted by atomic mass is 16.3. The Balaban J connectivity index is 1.56. The van der Waals surface area contributed by atoms with Crippen LogP contribution in [0.3, 0.4) is 0 Å². The first-order chi connectivity index (χ1) is 8.21. The second-order valence-corrected chi connectivity index (χ2v) is 5.88. The third-order valence-electron chi connectivity index (χ3n) is 5.05. The summed E-state index contributed by atoms with van der Waals surface area (Å²) in [6.45, 7) is 1.71. The Hall–Kier alpha value is -0.830. The fraction of sp³-hybridized carbons (Fsp3) is 0.786. The molecule has 1 spiro atoms. The molecule has 1 amide bonds. The molecule has 0 aromatic carbocycles. The zero-order chi connectivity index (χ0) is 11.9. The molecule has 1 unspecified atom stereocenters. The van der Waals surface area contributed by atoms with E-state index >= 15 is 0 Å². The molecular weight excluding hydrogens is 214 g/mol. The number of hydrogen-bond acceptors (Lipinski definition) is 2. The van der Waals surface area contributed by atoms with Crippen LogP contribution in [-0.2, 0) is 4.79 Å². The number of hydrogen-bond donors (Lipinski definition) is 1. The van der Waals surface area contributed by atoms with Gasteiger partial charge in [0.05, 0.1) is 6.10 Å². The molecule has 1 saturated carbocycles. The maximum absolute atomic E-state index is 12.2. The molecule has 1 aliphatic heterocycles. The molecule has 3 rings (SSSR count). The Kier molecular flexibility index (Phi) is 2.74. The monoisotopic (exact) mass is 235 g/mol. The number of amides is 1. The van der Waals surface area contributed by atoms with E-state index in [0.29, 0.717) is 5.91 Å². The lowest BCUT2D eigenvalue weighted by Crippen LogP contribution is -2.53. The normalized spacial score (nSPS) is 31.8. The van der Waals surface area contributed by atoms with Crippen LogP contribution < -0.4 is 0 Å². The molecule has 1 saturated heterocycles. The predicted molar refractivity (Wildman–Crippen MR) is 65.4 cm³/mol. The molecule has 1 atom stereocenters. The summed E-state index contributed by atoms with van der Waals surface area (Å²) in [4.78, 5) is 14.2. The lowest BCUT2D eigenvalue weighted by atomic mass is 9.61. The average Bonchev–Trinajstić information content (AvgIpc) is 2.90. The Morgan fingerprint density at radius 2 is 1.82 bits per heavy atom. The first kappa shape index (κ1) is 11.3. The van der Waals surface area contributed by atoms with Crippen molar-refractivity contribution in [3.63, 3.8) is 0 Å². The number of piperidine rings is 1. The van der Waals surface area contributed by atoms with Crippen molar-refractivity contribution in [2.45, 2.75) is 44.6 Å². The standard InChI is InChI=1S/C14H21NO2/c16-12-5-6-14(12)7-9-15(10-8-14)13(17)11-3-1-2-4-11/h1-2,11-12,16H,3-10H2. The van der Waals surface area contributed by atoms with E-state index < -0.39 is 0 Å². The molecule has 0 aromatic heterocycles. The highest BCUT2D eigenvalue weighted by Gasteiger charge is 2.48. The fourth-order valence-corrected chi connectivity index (χ4v) is 3.51. The lowest BCUT2D eigenvalue weighted by Gasteiger charge is -2.51. The minimum Gasteiger partial charge on any atom is -0.393 e. The van der Waals surface area contributed by atoms with E-state index in [-0.39, 0.29) is 17.4 Å². The van der Waals surface area contributed by atoms with Gasteiger partial charge in [-0.3, -0.25) is 4.79 Å². The minimum atomic E-state index is -0.104. The summed E-state index contributed by atoms with van der Waals surface area (Å²) in [6, 6.07) is 0. The van der Waals surface area contributed by atoms with Crippen LogP contribution in [0.2, 0.25) is 0 Å². The van der Waals surface area contributed by atoms with E-state index in [1.165, 1.54) is 0 Å². The van der Waals surface area contributed by atoms with Crippen molar-refractivity contribution in [1.29, 1.82) is 0 Å². The average molecular weight is 235 g/mol. The van der Waals surface area contributed by atoms with Crippen molar-refractivity contribution in [2.75, 3.05) is 13.1 Å². The van der Waals surface area contributed by atoms with E-state index in [2.05, 4.69) is 12.2 Å². The summed E-state index contributed by atoms with van der Waals surface area (Å²) in [5, 5.41) is 9.85. The van der Waals surface area contributed by atoms with Crippen molar-refractivity contribution < 1.29 is 9.90 Å². The minimum absolute atomic E-state index is 0.104. The maximum atomic E-state index is 12.2. The van der Waals surface area contributed by atoms with Gasteiger partial charge in [-0.25, -0.2) is 0 Å². The van der Waals surface area contributed by atoms with Gasteiger partial charge in [-0.15, -0.1) is 0 Å². The van der Waals surface area contributed by atoms with Crippen molar-refractivity contribution in [1.82, 2.24) is 4.90 Å². The lowest BCUT2D eigenvalue weighted by molar-refractivity contribution is -0.144. The summed E-state index contributed by atoms with van der Waals surface area (Å²) in [6.07, 6.45) is 10.1. The molecule has 3 aliphatic rings. The number of nitrogens with zero attached hydrogens (tertiary/aromatic N) is 1. The number of likely N-dealkylation sites (tertiary alicyclic amines) is 1. The third kappa shape index (κ3) is 1.81. The molecule has 3 heteroatoms. The van der Waals surface area contributed by atoms with Crippen molar-refractivity contribution in [3.05, 3.63) is 12.2 Å². The molecule has 0 bridgehead atoms. The van der Waals surface area contributed by atoms with Crippen LogP contribution in [0.1, 0.15) is 38.5 Å². The van der Waals surface area contributed by atoms with Gasteiger partial charge in [0, 0.05) is 19.0 Å². The van der Waals surface area contributed by atoms with Crippen molar-refractivity contribution in [3.8, 4) is 0 Å². The maximum Gasteiger partial charge on any atom is 0.226 e. The molecule has 2 aliphatic carbocycles.